The molecule has 0 saturated heterocycles. The molecule has 21 heavy (non-hydrogen) atoms. The third kappa shape index (κ3) is 2.41. The Balaban J connectivity index is 1.89. The van der Waals surface area contributed by atoms with Gasteiger partial charge in [0.1, 0.15) is 11.5 Å². The Labute approximate surface area is 122 Å². The van der Waals surface area contributed by atoms with Gasteiger partial charge in [-0.2, -0.15) is 0 Å². The fraction of sp³-hybridized carbons (Fsp3) is 0.200. The summed E-state index contributed by atoms with van der Waals surface area (Å²) in [7, 11) is 0. The number of nitrogens with zero attached hydrogens (tertiary/aromatic N) is 3. The van der Waals surface area contributed by atoms with E-state index in [9.17, 15) is 4.79 Å². The van der Waals surface area contributed by atoms with Crippen LogP contribution >= 0.6 is 0 Å². The van der Waals surface area contributed by atoms with Crippen LogP contribution in [-0.2, 0) is 4.79 Å². The van der Waals surface area contributed by atoms with E-state index >= 15 is 0 Å². The summed E-state index contributed by atoms with van der Waals surface area (Å²) in [5, 5.41) is 8.92. The van der Waals surface area contributed by atoms with Crippen LogP contribution < -0.4 is 5.73 Å². The molecule has 1 aromatic rings. The maximum absolute atomic E-state index is 12.4. The molecule has 0 bridgehead atoms. The second kappa shape index (κ2) is 5.41. The lowest BCUT2D eigenvalue weighted by molar-refractivity contribution is -0.121. The van der Waals surface area contributed by atoms with E-state index in [1.54, 1.807) is 17.2 Å². The van der Waals surface area contributed by atoms with Gasteiger partial charge in [0.15, 0.2) is 0 Å². The molecular formula is C15H16N4O2. The van der Waals surface area contributed by atoms with E-state index in [2.05, 4.69) is 4.99 Å². The summed E-state index contributed by atoms with van der Waals surface area (Å²) in [6.45, 7) is 0.649. The fourth-order valence-corrected chi connectivity index (χ4v) is 2.32. The average molecular weight is 284 g/mol. The van der Waals surface area contributed by atoms with Crippen LogP contribution in [0.4, 0.5) is 0 Å². The predicted octanol–water partition coefficient (Wildman–Crippen LogP) is 0.681. The van der Waals surface area contributed by atoms with E-state index in [-0.39, 0.29) is 12.5 Å². The van der Waals surface area contributed by atoms with Crippen LogP contribution in [0, 0.1) is 0 Å². The number of hydrogen-bond acceptors (Lipinski definition) is 5. The number of carbonyl (C=O) groups is 1. The van der Waals surface area contributed by atoms with Crippen molar-refractivity contribution in [1.29, 1.82) is 0 Å². The SMILES string of the molecule is NC1=CN(CCCO)C2=N/C(=C\c3ccccc3)C(=O)N12. The lowest BCUT2D eigenvalue weighted by Gasteiger charge is -2.16. The second-order valence-electron chi connectivity index (χ2n) is 4.82. The molecule has 108 valence electrons. The fourth-order valence-electron chi connectivity index (χ4n) is 2.32. The summed E-state index contributed by atoms with van der Waals surface area (Å²) < 4.78 is 0. The number of hydrogen-bond donors (Lipinski definition) is 2. The monoisotopic (exact) mass is 284 g/mol. The zero-order chi connectivity index (χ0) is 14.8. The van der Waals surface area contributed by atoms with Crippen molar-refractivity contribution in [3.05, 3.63) is 53.6 Å². The normalized spacial score (nSPS) is 19.1. The van der Waals surface area contributed by atoms with Gasteiger partial charge in [-0.15, -0.1) is 0 Å². The highest BCUT2D eigenvalue weighted by atomic mass is 16.3. The first-order chi connectivity index (χ1) is 10.2. The highest BCUT2D eigenvalue weighted by Crippen LogP contribution is 2.26. The molecule has 1 aromatic carbocycles. The number of guanidine groups is 1. The number of carbonyl (C=O) groups excluding carboxylic acids is 1. The van der Waals surface area contributed by atoms with Gasteiger partial charge < -0.3 is 15.7 Å². The third-order valence-electron chi connectivity index (χ3n) is 3.31. The minimum Gasteiger partial charge on any atom is -0.396 e. The summed E-state index contributed by atoms with van der Waals surface area (Å²) in [6.07, 6.45) is 4.00. The third-order valence-corrected chi connectivity index (χ3v) is 3.31. The Morgan fingerprint density at radius 3 is 2.76 bits per heavy atom. The zero-order valence-electron chi connectivity index (χ0n) is 11.4. The van der Waals surface area contributed by atoms with Crippen LogP contribution in [0.3, 0.4) is 0 Å². The number of nitrogens with two attached hydrogens (primary N) is 1. The number of aliphatic hydroxyl groups is 1. The average Bonchev–Trinajstić information content (AvgIpc) is 2.97. The predicted molar refractivity (Wildman–Crippen MR) is 79.4 cm³/mol. The molecule has 2 aliphatic rings. The smallest absolute Gasteiger partial charge is 0.285 e. The molecule has 0 aliphatic carbocycles. The van der Waals surface area contributed by atoms with Gasteiger partial charge in [0.25, 0.3) is 5.91 Å². The van der Waals surface area contributed by atoms with Crippen molar-refractivity contribution in [2.45, 2.75) is 6.42 Å². The van der Waals surface area contributed by atoms with Gasteiger partial charge in [-0.05, 0) is 18.1 Å². The van der Waals surface area contributed by atoms with Gasteiger partial charge in [-0.3, -0.25) is 4.79 Å². The molecule has 0 fully saturated rings. The van der Waals surface area contributed by atoms with E-state index < -0.39 is 0 Å². The lowest BCUT2D eigenvalue weighted by atomic mass is 10.2. The second-order valence-corrected chi connectivity index (χ2v) is 4.82. The zero-order valence-corrected chi connectivity index (χ0v) is 11.4. The highest BCUT2D eigenvalue weighted by Gasteiger charge is 2.39. The highest BCUT2D eigenvalue weighted by molar-refractivity contribution is 6.16. The Kier molecular flexibility index (Phi) is 3.45. The van der Waals surface area contributed by atoms with E-state index in [1.807, 2.05) is 30.3 Å². The van der Waals surface area contributed by atoms with Crippen molar-refractivity contribution in [2.75, 3.05) is 13.2 Å². The van der Waals surface area contributed by atoms with Crippen molar-refractivity contribution in [2.24, 2.45) is 10.7 Å². The minimum absolute atomic E-state index is 0.0815. The number of amides is 1. The maximum atomic E-state index is 12.4. The van der Waals surface area contributed by atoms with Crippen LogP contribution in [-0.4, -0.2) is 39.9 Å². The largest absolute Gasteiger partial charge is 0.396 e. The molecular weight excluding hydrogens is 268 g/mol. The summed E-state index contributed by atoms with van der Waals surface area (Å²) in [5.74, 6) is 0.635. The van der Waals surface area contributed by atoms with E-state index in [0.717, 1.165) is 5.56 Å². The molecule has 6 heteroatoms. The van der Waals surface area contributed by atoms with Crippen molar-refractivity contribution in [3.8, 4) is 0 Å². The van der Waals surface area contributed by atoms with Crippen LogP contribution in [0.1, 0.15) is 12.0 Å². The number of benzene rings is 1. The number of aliphatic hydroxyl groups excluding tert-OH is 1. The Hall–Kier alpha value is -2.60. The molecule has 3 rings (SSSR count). The van der Waals surface area contributed by atoms with Gasteiger partial charge in [-0.1, -0.05) is 30.3 Å². The number of fused-ring (bicyclic) bond motifs is 1. The van der Waals surface area contributed by atoms with Crippen LogP contribution in [0.5, 0.6) is 0 Å². The van der Waals surface area contributed by atoms with Crippen molar-refractivity contribution < 1.29 is 9.90 Å². The Bertz CT molecular complexity index is 649. The molecule has 3 N–H and O–H groups in total. The first kappa shape index (κ1) is 13.4. The van der Waals surface area contributed by atoms with Gasteiger partial charge >= 0.3 is 0 Å². The van der Waals surface area contributed by atoms with Gasteiger partial charge in [0.05, 0.1) is 0 Å². The van der Waals surface area contributed by atoms with E-state index in [0.29, 0.717) is 30.4 Å². The molecule has 0 saturated carbocycles. The van der Waals surface area contributed by atoms with Crippen LogP contribution in [0.15, 0.2) is 53.0 Å². The van der Waals surface area contributed by atoms with Gasteiger partial charge in [0.2, 0.25) is 5.96 Å². The molecule has 1 amide bonds. The van der Waals surface area contributed by atoms with E-state index in [1.165, 1.54) is 4.90 Å². The number of aliphatic imine (C=N–C) groups is 1. The molecule has 2 aliphatic heterocycles. The first-order valence-electron chi connectivity index (χ1n) is 6.75. The molecule has 0 radical (unpaired) electrons. The van der Waals surface area contributed by atoms with Gasteiger partial charge in [-0.25, -0.2) is 9.89 Å². The van der Waals surface area contributed by atoms with Crippen LogP contribution in [0.25, 0.3) is 6.08 Å². The molecule has 6 nitrogen and oxygen atoms in total. The molecule has 0 aromatic heterocycles. The van der Waals surface area contributed by atoms with Crippen LogP contribution in [0.2, 0.25) is 0 Å². The minimum atomic E-state index is -0.228. The Morgan fingerprint density at radius 2 is 2.05 bits per heavy atom. The standard InChI is InChI=1S/C15H16N4O2/c16-13-10-18(7-4-8-20)15-17-12(14(21)19(13)15)9-11-5-2-1-3-6-11/h1-3,5-6,9-10,20H,4,7-8,16H2/b12-9-. The van der Waals surface area contributed by atoms with Crippen molar-refractivity contribution in [3.63, 3.8) is 0 Å². The maximum Gasteiger partial charge on any atom is 0.285 e. The van der Waals surface area contributed by atoms with Crippen molar-refractivity contribution in [1.82, 2.24) is 9.80 Å². The first-order valence-corrected chi connectivity index (χ1v) is 6.75. The Morgan fingerprint density at radius 1 is 1.29 bits per heavy atom. The molecule has 0 unspecified atom stereocenters. The molecule has 2 heterocycles. The summed E-state index contributed by atoms with van der Waals surface area (Å²) in [5.41, 5.74) is 7.16. The number of rotatable bonds is 4. The topological polar surface area (TPSA) is 82.2 Å². The molecule has 0 spiro atoms. The summed E-state index contributed by atoms with van der Waals surface area (Å²) >= 11 is 0. The summed E-state index contributed by atoms with van der Waals surface area (Å²) in [4.78, 5) is 19.9. The van der Waals surface area contributed by atoms with E-state index in [4.69, 9.17) is 10.8 Å². The van der Waals surface area contributed by atoms with Gasteiger partial charge in [0, 0.05) is 19.4 Å². The van der Waals surface area contributed by atoms with Crippen molar-refractivity contribution >= 4 is 17.9 Å². The lowest BCUT2D eigenvalue weighted by Crippen LogP contribution is -2.36. The summed E-state index contributed by atoms with van der Waals surface area (Å²) in [6, 6.07) is 9.54. The molecule has 0 atom stereocenters. The quantitative estimate of drug-likeness (QED) is 0.797.